The van der Waals surface area contributed by atoms with Crippen molar-refractivity contribution in [3.05, 3.63) is 35.7 Å². The van der Waals surface area contributed by atoms with E-state index in [-0.39, 0.29) is 10.8 Å². The summed E-state index contributed by atoms with van der Waals surface area (Å²) in [5.41, 5.74) is 0.354. The van der Waals surface area contributed by atoms with Crippen LogP contribution in [0.2, 0.25) is 0 Å². The molecule has 2 rings (SSSR count). The minimum Gasteiger partial charge on any atom is -0.342 e. The van der Waals surface area contributed by atoms with E-state index in [4.69, 9.17) is 0 Å². The minimum absolute atomic E-state index is 0.167. The Morgan fingerprint density at radius 1 is 1.30 bits per heavy atom. The molecule has 0 saturated carbocycles. The Morgan fingerprint density at radius 2 is 1.95 bits per heavy atom. The van der Waals surface area contributed by atoms with Gasteiger partial charge in [0.05, 0.1) is 10.9 Å². The average molecular weight is 295 g/mol. The van der Waals surface area contributed by atoms with Gasteiger partial charge in [-0.1, -0.05) is 5.21 Å². The van der Waals surface area contributed by atoms with Crippen molar-refractivity contribution in [1.29, 1.82) is 0 Å². The number of carbonyl (C=O) groups is 1. The molecule has 1 aromatic carbocycles. The highest BCUT2D eigenvalue weighted by Crippen LogP contribution is 2.11. The largest absolute Gasteiger partial charge is 0.342 e. The zero-order valence-electron chi connectivity index (χ0n) is 10.9. The van der Waals surface area contributed by atoms with Crippen LogP contribution in [-0.2, 0) is 9.84 Å². The summed E-state index contributed by atoms with van der Waals surface area (Å²) >= 11 is 0. The Morgan fingerprint density at radius 3 is 2.45 bits per heavy atom. The van der Waals surface area contributed by atoms with Gasteiger partial charge in [0.2, 0.25) is 0 Å². The van der Waals surface area contributed by atoms with E-state index in [0.717, 1.165) is 6.26 Å². The van der Waals surface area contributed by atoms with Crippen molar-refractivity contribution in [3.63, 3.8) is 0 Å². The second-order valence-corrected chi connectivity index (χ2v) is 6.28. The number of tetrazole rings is 1. The minimum atomic E-state index is -3.27. The van der Waals surface area contributed by atoms with Crippen molar-refractivity contribution < 1.29 is 13.2 Å². The maximum Gasteiger partial charge on any atom is 0.251 e. The van der Waals surface area contributed by atoms with Gasteiger partial charge in [-0.25, -0.2) is 8.42 Å². The molecule has 20 heavy (non-hydrogen) atoms. The SMILES string of the molecule is CC(NC(=O)c1ccc(S(C)(=O)=O)cc1)c1nn[nH]n1. The quantitative estimate of drug-likeness (QED) is 0.825. The van der Waals surface area contributed by atoms with Crippen LogP contribution in [0.3, 0.4) is 0 Å². The smallest absolute Gasteiger partial charge is 0.251 e. The summed E-state index contributed by atoms with van der Waals surface area (Å²) in [6.07, 6.45) is 1.11. The molecular weight excluding hydrogens is 282 g/mol. The summed E-state index contributed by atoms with van der Waals surface area (Å²) in [6, 6.07) is 5.28. The second-order valence-electron chi connectivity index (χ2n) is 4.26. The topological polar surface area (TPSA) is 118 Å². The number of carbonyl (C=O) groups excluding carboxylic acids is 1. The first-order valence-electron chi connectivity index (χ1n) is 5.72. The number of hydrogen-bond acceptors (Lipinski definition) is 6. The van der Waals surface area contributed by atoms with Crippen molar-refractivity contribution >= 4 is 15.7 Å². The van der Waals surface area contributed by atoms with E-state index >= 15 is 0 Å². The number of nitrogens with zero attached hydrogens (tertiary/aromatic N) is 3. The average Bonchev–Trinajstić information content (AvgIpc) is 2.91. The van der Waals surface area contributed by atoms with Gasteiger partial charge in [0.25, 0.3) is 5.91 Å². The Hall–Kier alpha value is -2.29. The van der Waals surface area contributed by atoms with Crippen molar-refractivity contribution in [2.75, 3.05) is 6.26 Å². The summed E-state index contributed by atoms with van der Waals surface area (Å²) in [5, 5.41) is 15.9. The van der Waals surface area contributed by atoms with Crippen LogP contribution >= 0.6 is 0 Å². The van der Waals surface area contributed by atoms with E-state index in [0.29, 0.717) is 11.4 Å². The number of hydrogen-bond donors (Lipinski definition) is 2. The van der Waals surface area contributed by atoms with Gasteiger partial charge in [-0.15, -0.1) is 10.2 Å². The molecule has 0 radical (unpaired) electrons. The van der Waals surface area contributed by atoms with Gasteiger partial charge in [-0.3, -0.25) is 4.79 Å². The Balaban J connectivity index is 2.10. The number of aromatic amines is 1. The number of amides is 1. The van der Waals surface area contributed by atoms with E-state index in [1.54, 1.807) is 6.92 Å². The third-order valence-corrected chi connectivity index (χ3v) is 3.77. The molecule has 0 aliphatic rings. The number of nitrogens with one attached hydrogen (secondary N) is 2. The van der Waals surface area contributed by atoms with Gasteiger partial charge in [0, 0.05) is 11.8 Å². The van der Waals surface area contributed by atoms with Crippen LogP contribution in [-0.4, -0.2) is 41.2 Å². The molecule has 1 atom stereocenters. The molecule has 9 heteroatoms. The summed E-state index contributed by atoms with van der Waals surface area (Å²) in [4.78, 5) is 12.1. The predicted octanol–water partition coefficient (Wildman–Crippen LogP) is 0.0942. The number of sulfone groups is 1. The first-order chi connectivity index (χ1) is 9.38. The molecule has 0 saturated heterocycles. The van der Waals surface area contributed by atoms with E-state index < -0.39 is 15.9 Å². The number of benzene rings is 1. The van der Waals surface area contributed by atoms with Crippen molar-refractivity contribution in [2.24, 2.45) is 0 Å². The van der Waals surface area contributed by atoms with E-state index in [2.05, 4.69) is 25.9 Å². The van der Waals surface area contributed by atoms with Crippen molar-refractivity contribution in [2.45, 2.75) is 17.9 Å². The van der Waals surface area contributed by atoms with E-state index in [9.17, 15) is 13.2 Å². The molecule has 106 valence electrons. The molecule has 0 fully saturated rings. The molecule has 2 aromatic rings. The Bertz CT molecular complexity index is 694. The van der Waals surface area contributed by atoms with Gasteiger partial charge < -0.3 is 5.32 Å². The zero-order valence-corrected chi connectivity index (χ0v) is 11.7. The Labute approximate surface area is 115 Å². The molecule has 1 aromatic heterocycles. The maximum absolute atomic E-state index is 12.0. The van der Waals surface area contributed by atoms with E-state index in [1.807, 2.05) is 0 Å². The molecule has 0 aliphatic heterocycles. The third-order valence-electron chi connectivity index (χ3n) is 2.64. The lowest BCUT2D eigenvalue weighted by molar-refractivity contribution is 0.0938. The summed E-state index contributed by atoms with van der Waals surface area (Å²) in [7, 11) is -3.27. The van der Waals surface area contributed by atoms with Gasteiger partial charge in [0.1, 0.15) is 0 Å². The fourth-order valence-corrected chi connectivity index (χ4v) is 2.18. The van der Waals surface area contributed by atoms with Crippen LogP contribution in [0, 0.1) is 0 Å². The summed E-state index contributed by atoms with van der Waals surface area (Å²) in [5.74, 6) is 0.0217. The summed E-state index contributed by atoms with van der Waals surface area (Å²) < 4.78 is 22.6. The van der Waals surface area contributed by atoms with Gasteiger partial charge in [-0.05, 0) is 31.2 Å². The van der Waals surface area contributed by atoms with Crippen LogP contribution in [0.5, 0.6) is 0 Å². The van der Waals surface area contributed by atoms with E-state index in [1.165, 1.54) is 24.3 Å². The lowest BCUT2D eigenvalue weighted by atomic mass is 10.2. The highest BCUT2D eigenvalue weighted by molar-refractivity contribution is 7.90. The first-order valence-corrected chi connectivity index (χ1v) is 7.61. The number of rotatable bonds is 4. The van der Waals surface area contributed by atoms with Crippen LogP contribution in [0.25, 0.3) is 0 Å². The molecule has 8 nitrogen and oxygen atoms in total. The highest BCUT2D eigenvalue weighted by atomic mass is 32.2. The monoisotopic (exact) mass is 295 g/mol. The fourth-order valence-electron chi connectivity index (χ4n) is 1.55. The predicted molar refractivity (Wildman–Crippen MR) is 69.6 cm³/mol. The molecule has 1 unspecified atom stereocenters. The zero-order chi connectivity index (χ0) is 14.8. The van der Waals surface area contributed by atoms with Crippen LogP contribution in [0.15, 0.2) is 29.2 Å². The van der Waals surface area contributed by atoms with Gasteiger partial charge >= 0.3 is 0 Å². The van der Waals surface area contributed by atoms with Crippen LogP contribution < -0.4 is 5.32 Å². The molecule has 0 bridgehead atoms. The van der Waals surface area contributed by atoms with Crippen LogP contribution in [0.4, 0.5) is 0 Å². The second kappa shape index (κ2) is 5.37. The number of aromatic nitrogens is 4. The Kier molecular flexibility index (Phi) is 3.79. The van der Waals surface area contributed by atoms with Gasteiger partial charge in [0.15, 0.2) is 15.7 Å². The van der Waals surface area contributed by atoms with Crippen LogP contribution in [0.1, 0.15) is 29.1 Å². The lowest BCUT2D eigenvalue weighted by Gasteiger charge is -2.10. The van der Waals surface area contributed by atoms with Gasteiger partial charge in [-0.2, -0.15) is 5.21 Å². The fraction of sp³-hybridized carbons (Fsp3) is 0.273. The summed E-state index contributed by atoms with van der Waals surface area (Å²) in [6.45, 7) is 1.72. The first kappa shape index (κ1) is 14.1. The number of H-pyrrole nitrogens is 1. The highest BCUT2D eigenvalue weighted by Gasteiger charge is 2.15. The molecular formula is C11H13N5O3S. The maximum atomic E-state index is 12.0. The normalized spacial score (nSPS) is 12.9. The molecule has 1 amide bonds. The van der Waals surface area contributed by atoms with Crippen molar-refractivity contribution in [3.8, 4) is 0 Å². The molecule has 0 aliphatic carbocycles. The molecule has 0 spiro atoms. The standard InChI is InChI=1S/C11H13N5O3S/c1-7(10-13-15-16-14-10)12-11(17)8-3-5-9(6-4-8)20(2,18)19/h3-7H,1-2H3,(H,12,17)(H,13,14,15,16). The molecule has 1 heterocycles. The third kappa shape index (κ3) is 3.18. The lowest BCUT2D eigenvalue weighted by Crippen LogP contribution is -2.27. The van der Waals surface area contributed by atoms with Crippen molar-refractivity contribution in [1.82, 2.24) is 25.9 Å². The molecule has 2 N–H and O–H groups in total.